The van der Waals surface area contributed by atoms with Crippen molar-refractivity contribution in [2.45, 2.75) is 6.18 Å². The third-order valence-corrected chi connectivity index (χ3v) is 3.24. The van der Waals surface area contributed by atoms with Crippen molar-refractivity contribution in [2.75, 3.05) is 37.7 Å². The van der Waals surface area contributed by atoms with E-state index in [0.29, 0.717) is 32.0 Å². The van der Waals surface area contributed by atoms with Crippen LogP contribution in [-0.2, 0) is 15.8 Å². The maximum Gasteiger partial charge on any atom is 0.417 e. The Bertz CT molecular complexity index is 490. The number of aromatic nitrogens is 1. The highest BCUT2D eigenvalue weighted by molar-refractivity contribution is 5.85. The van der Waals surface area contributed by atoms with Crippen LogP contribution in [0.15, 0.2) is 18.3 Å². The van der Waals surface area contributed by atoms with Gasteiger partial charge in [0.15, 0.2) is 0 Å². The van der Waals surface area contributed by atoms with Crippen LogP contribution >= 0.6 is 12.4 Å². The third kappa shape index (κ3) is 4.46. The number of pyridine rings is 1. The Morgan fingerprint density at radius 2 is 1.91 bits per heavy atom. The molecule has 6 nitrogen and oxygen atoms in total. The van der Waals surface area contributed by atoms with Crippen molar-refractivity contribution in [3.05, 3.63) is 23.9 Å². The predicted molar refractivity (Wildman–Crippen MR) is 75.4 cm³/mol. The summed E-state index contributed by atoms with van der Waals surface area (Å²) in [4.78, 5) is 23.1. The van der Waals surface area contributed by atoms with E-state index in [1.807, 2.05) is 4.90 Å². The first-order chi connectivity index (χ1) is 9.91. The normalized spacial score (nSPS) is 15.5. The average Bonchev–Trinajstić information content (AvgIpc) is 2.47. The van der Waals surface area contributed by atoms with Gasteiger partial charge in [0.05, 0.1) is 5.56 Å². The second kappa shape index (κ2) is 7.61. The number of amides is 1. The van der Waals surface area contributed by atoms with Crippen molar-refractivity contribution in [3.8, 4) is 0 Å². The Morgan fingerprint density at radius 3 is 2.36 bits per heavy atom. The number of hydrogen-bond acceptors (Lipinski definition) is 5. The van der Waals surface area contributed by atoms with Gasteiger partial charge in [-0.15, -0.1) is 12.4 Å². The van der Waals surface area contributed by atoms with Crippen molar-refractivity contribution in [1.82, 2.24) is 9.88 Å². The van der Waals surface area contributed by atoms with Crippen molar-refractivity contribution < 1.29 is 22.8 Å². The summed E-state index contributed by atoms with van der Waals surface area (Å²) in [5, 5.41) is 0. The molecule has 124 valence electrons. The van der Waals surface area contributed by atoms with Gasteiger partial charge < -0.3 is 9.80 Å². The first kappa shape index (κ1) is 18.5. The van der Waals surface area contributed by atoms with Gasteiger partial charge in [-0.1, -0.05) is 0 Å². The third-order valence-electron chi connectivity index (χ3n) is 3.24. The molecular formula is C12H16ClF3N4O2. The summed E-state index contributed by atoms with van der Waals surface area (Å²) >= 11 is 0. The van der Waals surface area contributed by atoms with Crippen LogP contribution < -0.4 is 10.8 Å². The highest BCUT2D eigenvalue weighted by Gasteiger charge is 2.31. The van der Waals surface area contributed by atoms with Gasteiger partial charge in [-0.25, -0.2) is 10.9 Å². The Hall–Kier alpha value is -1.58. The smallest absolute Gasteiger partial charge is 0.353 e. The van der Waals surface area contributed by atoms with Gasteiger partial charge in [0, 0.05) is 32.4 Å². The number of carbonyl (C=O) groups is 1. The van der Waals surface area contributed by atoms with E-state index in [0.717, 1.165) is 12.3 Å². The molecule has 1 aromatic rings. The Balaban J connectivity index is 0.00000242. The lowest BCUT2D eigenvalue weighted by Gasteiger charge is -2.35. The van der Waals surface area contributed by atoms with E-state index in [1.54, 1.807) is 4.90 Å². The Morgan fingerprint density at radius 1 is 1.27 bits per heavy atom. The van der Waals surface area contributed by atoms with Gasteiger partial charge in [-0.2, -0.15) is 13.2 Å². The molecule has 0 atom stereocenters. The summed E-state index contributed by atoms with van der Waals surface area (Å²) in [5.74, 6) is 5.10. The van der Waals surface area contributed by atoms with E-state index in [4.69, 9.17) is 5.90 Å². The zero-order chi connectivity index (χ0) is 15.5. The molecule has 0 aliphatic carbocycles. The van der Waals surface area contributed by atoms with Gasteiger partial charge in [-0.05, 0) is 12.1 Å². The van der Waals surface area contributed by atoms with Crippen LogP contribution in [0, 0.1) is 0 Å². The molecule has 0 bridgehead atoms. The number of piperazine rings is 1. The average molecular weight is 341 g/mol. The SMILES string of the molecule is Cl.NOCC(=O)N1CCN(c2ccc(C(F)(F)F)cn2)CC1. The summed E-state index contributed by atoms with van der Waals surface area (Å²) in [6, 6.07) is 2.34. The number of nitrogens with two attached hydrogens (primary N) is 1. The quantitative estimate of drug-likeness (QED) is 0.833. The molecule has 10 heteroatoms. The number of halogens is 4. The molecule has 22 heavy (non-hydrogen) atoms. The minimum atomic E-state index is -4.39. The van der Waals surface area contributed by atoms with Crippen LogP contribution in [0.3, 0.4) is 0 Å². The zero-order valence-corrected chi connectivity index (χ0v) is 12.4. The molecule has 0 spiro atoms. The van der Waals surface area contributed by atoms with Gasteiger partial charge in [0.1, 0.15) is 12.4 Å². The summed E-state index contributed by atoms with van der Waals surface area (Å²) in [5.41, 5.74) is -0.778. The van der Waals surface area contributed by atoms with Crippen LogP contribution in [0.25, 0.3) is 0 Å². The number of nitrogens with zero attached hydrogens (tertiary/aromatic N) is 3. The largest absolute Gasteiger partial charge is 0.417 e. The molecule has 2 rings (SSSR count). The monoisotopic (exact) mass is 340 g/mol. The predicted octanol–water partition coefficient (Wildman–Crippen LogP) is 1.06. The molecule has 0 radical (unpaired) electrons. The van der Waals surface area contributed by atoms with E-state index < -0.39 is 11.7 Å². The summed E-state index contributed by atoms with van der Waals surface area (Å²) < 4.78 is 37.4. The molecule has 1 fully saturated rings. The van der Waals surface area contributed by atoms with Crippen molar-refractivity contribution >= 4 is 24.1 Å². The maximum absolute atomic E-state index is 12.5. The van der Waals surface area contributed by atoms with E-state index in [1.165, 1.54) is 6.07 Å². The van der Waals surface area contributed by atoms with Crippen LogP contribution in [-0.4, -0.2) is 48.6 Å². The van der Waals surface area contributed by atoms with Gasteiger partial charge in [0.2, 0.25) is 0 Å². The van der Waals surface area contributed by atoms with Crippen LogP contribution in [0.4, 0.5) is 19.0 Å². The maximum atomic E-state index is 12.5. The fourth-order valence-electron chi connectivity index (χ4n) is 2.09. The fourth-order valence-corrected chi connectivity index (χ4v) is 2.09. The highest BCUT2D eigenvalue weighted by atomic mass is 35.5. The van der Waals surface area contributed by atoms with Gasteiger partial charge in [-0.3, -0.25) is 9.63 Å². The zero-order valence-electron chi connectivity index (χ0n) is 11.5. The molecular weight excluding hydrogens is 325 g/mol. The number of rotatable bonds is 3. The molecule has 1 amide bonds. The second-order valence-electron chi connectivity index (χ2n) is 4.58. The fraction of sp³-hybridized carbons (Fsp3) is 0.500. The molecule has 1 aliphatic rings. The lowest BCUT2D eigenvalue weighted by atomic mass is 10.2. The highest BCUT2D eigenvalue weighted by Crippen LogP contribution is 2.29. The molecule has 0 saturated carbocycles. The van der Waals surface area contributed by atoms with Crippen molar-refractivity contribution in [1.29, 1.82) is 0 Å². The van der Waals surface area contributed by atoms with Gasteiger partial charge >= 0.3 is 6.18 Å². The molecule has 1 aliphatic heterocycles. The summed E-state index contributed by atoms with van der Waals surface area (Å²) in [6.45, 7) is 1.71. The molecule has 1 aromatic heterocycles. The Labute approximate surface area is 131 Å². The first-order valence-corrected chi connectivity index (χ1v) is 6.29. The summed E-state index contributed by atoms with van der Waals surface area (Å²) in [6.07, 6.45) is -3.58. The minimum Gasteiger partial charge on any atom is -0.353 e. The molecule has 2 N–H and O–H groups in total. The van der Waals surface area contributed by atoms with E-state index in [9.17, 15) is 18.0 Å². The summed E-state index contributed by atoms with van der Waals surface area (Å²) in [7, 11) is 0. The number of carbonyl (C=O) groups excluding carboxylic acids is 1. The van der Waals surface area contributed by atoms with Crippen molar-refractivity contribution in [3.63, 3.8) is 0 Å². The number of alkyl halides is 3. The van der Waals surface area contributed by atoms with E-state index >= 15 is 0 Å². The van der Waals surface area contributed by atoms with Gasteiger partial charge in [0.25, 0.3) is 5.91 Å². The van der Waals surface area contributed by atoms with E-state index in [2.05, 4.69) is 9.82 Å². The molecule has 0 unspecified atom stereocenters. The number of hydrogen-bond donors (Lipinski definition) is 1. The lowest BCUT2D eigenvalue weighted by molar-refractivity contribution is -0.138. The standard InChI is InChI=1S/C12H15F3N4O2.ClH/c13-12(14,15)9-1-2-10(17-7-9)18-3-5-19(6-4-18)11(20)8-21-16;/h1-2,7H,3-6,8,16H2;1H. The number of anilines is 1. The van der Waals surface area contributed by atoms with Crippen LogP contribution in [0.2, 0.25) is 0 Å². The minimum absolute atomic E-state index is 0. The topological polar surface area (TPSA) is 71.7 Å². The molecule has 1 saturated heterocycles. The molecule has 2 heterocycles. The van der Waals surface area contributed by atoms with E-state index in [-0.39, 0.29) is 24.9 Å². The molecule has 0 aromatic carbocycles. The van der Waals surface area contributed by atoms with Crippen LogP contribution in [0.1, 0.15) is 5.56 Å². The van der Waals surface area contributed by atoms with Crippen LogP contribution in [0.5, 0.6) is 0 Å². The Kier molecular flexibility index (Phi) is 6.39. The lowest BCUT2D eigenvalue weighted by Crippen LogP contribution is -2.50. The first-order valence-electron chi connectivity index (χ1n) is 6.29. The second-order valence-corrected chi connectivity index (χ2v) is 4.58. The van der Waals surface area contributed by atoms with Crippen molar-refractivity contribution in [2.24, 2.45) is 5.90 Å².